The van der Waals surface area contributed by atoms with E-state index in [1.807, 2.05) is 30.3 Å². The molecule has 1 N–H and O–H groups in total. The van der Waals surface area contributed by atoms with Crippen LogP contribution in [0.15, 0.2) is 53.1 Å². The largest absolute Gasteiger partial charge is 0.338 e. The fourth-order valence-corrected chi connectivity index (χ4v) is 3.74. The van der Waals surface area contributed by atoms with Gasteiger partial charge in [-0.1, -0.05) is 40.5 Å². The monoisotopic (exact) mass is 430 g/mol. The van der Waals surface area contributed by atoms with Gasteiger partial charge in [-0.3, -0.25) is 9.69 Å². The van der Waals surface area contributed by atoms with Crippen molar-refractivity contribution in [2.24, 2.45) is 5.92 Å². The summed E-state index contributed by atoms with van der Waals surface area (Å²) < 4.78 is 5.39. The molecule has 0 unspecified atom stereocenters. The Morgan fingerprint density at radius 3 is 2.55 bits per heavy atom. The summed E-state index contributed by atoms with van der Waals surface area (Å²) in [7, 11) is 0. The summed E-state index contributed by atoms with van der Waals surface area (Å²) in [4.78, 5) is 19.2. The van der Waals surface area contributed by atoms with Crippen molar-refractivity contribution in [1.29, 1.82) is 0 Å². The number of nitrogens with one attached hydrogen (secondary N) is 1. The van der Waals surface area contributed by atoms with E-state index in [2.05, 4.69) is 20.4 Å². The molecule has 1 aliphatic rings. The van der Waals surface area contributed by atoms with Gasteiger partial charge in [-0.15, -0.1) is 0 Å². The maximum atomic E-state index is 12.5. The quantitative estimate of drug-likeness (QED) is 0.623. The maximum Gasteiger partial charge on any atom is 0.241 e. The predicted molar refractivity (Wildman–Crippen MR) is 113 cm³/mol. The van der Waals surface area contributed by atoms with E-state index in [0.29, 0.717) is 28.3 Å². The molecule has 2 aromatic carbocycles. The normalized spacial score (nSPS) is 15.4. The van der Waals surface area contributed by atoms with Crippen molar-refractivity contribution in [1.82, 2.24) is 15.0 Å². The number of carbonyl (C=O) groups is 1. The molecule has 3 aromatic rings. The smallest absolute Gasteiger partial charge is 0.241 e. The van der Waals surface area contributed by atoms with Gasteiger partial charge in [0.25, 0.3) is 0 Å². The minimum Gasteiger partial charge on any atom is -0.338 e. The number of piperidine rings is 1. The second kappa shape index (κ2) is 8.95. The summed E-state index contributed by atoms with van der Waals surface area (Å²) in [6, 6.07) is 14.6. The van der Waals surface area contributed by atoms with Crippen molar-refractivity contribution in [3.8, 4) is 11.4 Å². The molecule has 29 heavy (non-hydrogen) atoms. The summed E-state index contributed by atoms with van der Waals surface area (Å²) >= 11 is 12.1. The lowest BCUT2D eigenvalue weighted by Gasteiger charge is -2.30. The van der Waals surface area contributed by atoms with E-state index in [9.17, 15) is 4.79 Å². The van der Waals surface area contributed by atoms with Gasteiger partial charge in [-0.05, 0) is 62.3 Å². The fourth-order valence-electron chi connectivity index (χ4n) is 3.39. The number of benzene rings is 2. The minimum atomic E-state index is -0.0108. The van der Waals surface area contributed by atoms with Gasteiger partial charge in [0.1, 0.15) is 0 Å². The number of halogens is 2. The Morgan fingerprint density at radius 1 is 1.10 bits per heavy atom. The second-order valence-corrected chi connectivity index (χ2v) is 7.88. The molecule has 0 saturated carbocycles. The highest BCUT2D eigenvalue weighted by Gasteiger charge is 2.26. The van der Waals surface area contributed by atoms with Gasteiger partial charge in [0.15, 0.2) is 0 Å². The third-order valence-corrected chi connectivity index (χ3v) is 5.59. The van der Waals surface area contributed by atoms with E-state index in [-0.39, 0.29) is 11.8 Å². The third kappa shape index (κ3) is 4.96. The number of hydrogen-bond acceptors (Lipinski definition) is 5. The Labute approximate surface area is 178 Å². The van der Waals surface area contributed by atoms with Crippen LogP contribution in [0.1, 0.15) is 18.7 Å². The lowest BCUT2D eigenvalue weighted by atomic mass is 9.96. The molecule has 8 heteroatoms. The highest BCUT2D eigenvalue weighted by Crippen LogP contribution is 2.26. The van der Waals surface area contributed by atoms with Crippen LogP contribution in [0, 0.1) is 5.92 Å². The highest BCUT2D eigenvalue weighted by atomic mass is 35.5. The molecular formula is C21H20Cl2N4O2. The molecule has 0 atom stereocenters. The maximum absolute atomic E-state index is 12.5. The molecule has 1 saturated heterocycles. The van der Waals surface area contributed by atoms with Crippen LogP contribution < -0.4 is 5.32 Å². The van der Waals surface area contributed by atoms with Crippen molar-refractivity contribution in [3.63, 3.8) is 0 Å². The molecule has 0 radical (unpaired) electrons. The first-order chi connectivity index (χ1) is 14.1. The van der Waals surface area contributed by atoms with Crippen molar-refractivity contribution >= 4 is 34.8 Å². The molecule has 0 aliphatic carbocycles. The van der Waals surface area contributed by atoms with Crippen molar-refractivity contribution < 1.29 is 9.32 Å². The topological polar surface area (TPSA) is 71.3 Å². The SMILES string of the molecule is O=C(Nc1ccc(Cl)cc1)C1CCN(Cc2nc(-c3ccccc3Cl)no2)CC1. The number of carbonyl (C=O) groups excluding carboxylic acids is 1. The third-order valence-electron chi connectivity index (χ3n) is 5.01. The van der Waals surface area contributed by atoms with E-state index in [1.54, 1.807) is 18.2 Å². The zero-order chi connectivity index (χ0) is 20.2. The van der Waals surface area contributed by atoms with Crippen molar-refractivity contribution in [2.45, 2.75) is 19.4 Å². The molecule has 0 spiro atoms. The summed E-state index contributed by atoms with van der Waals surface area (Å²) in [5, 5.41) is 8.24. The predicted octanol–water partition coefficient (Wildman–Crippen LogP) is 4.89. The standard InChI is InChI=1S/C21H20Cl2N4O2/c22-15-5-7-16(8-6-15)24-21(28)14-9-11-27(12-10-14)13-19-25-20(26-29-19)17-3-1-2-4-18(17)23/h1-8,14H,9-13H2,(H,24,28). The van der Waals surface area contributed by atoms with E-state index in [0.717, 1.165) is 37.2 Å². The van der Waals surface area contributed by atoms with Crippen LogP contribution in [0.3, 0.4) is 0 Å². The molecule has 6 nitrogen and oxygen atoms in total. The Morgan fingerprint density at radius 2 is 1.83 bits per heavy atom. The molecule has 1 fully saturated rings. The number of rotatable bonds is 5. The highest BCUT2D eigenvalue weighted by molar-refractivity contribution is 6.33. The first kappa shape index (κ1) is 19.9. The number of amides is 1. The van der Waals surface area contributed by atoms with Crippen LogP contribution in [0.4, 0.5) is 5.69 Å². The Balaban J connectivity index is 1.29. The lowest BCUT2D eigenvalue weighted by molar-refractivity contribution is -0.121. The van der Waals surface area contributed by atoms with Gasteiger partial charge in [0.2, 0.25) is 17.6 Å². The Kier molecular flexibility index (Phi) is 6.13. The Hall–Kier alpha value is -2.41. The van der Waals surface area contributed by atoms with Crippen LogP contribution in [-0.2, 0) is 11.3 Å². The molecule has 1 amide bonds. The minimum absolute atomic E-state index is 0.0108. The fraction of sp³-hybridized carbons (Fsp3) is 0.286. The Bertz CT molecular complexity index is 982. The summed E-state index contributed by atoms with van der Waals surface area (Å²) in [6.07, 6.45) is 1.57. The van der Waals surface area contributed by atoms with Gasteiger partial charge in [0, 0.05) is 22.2 Å². The van der Waals surface area contributed by atoms with Gasteiger partial charge in [-0.25, -0.2) is 0 Å². The van der Waals surface area contributed by atoms with E-state index < -0.39 is 0 Å². The van der Waals surface area contributed by atoms with Crippen LogP contribution in [-0.4, -0.2) is 34.0 Å². The molecule has 2 heterocycles. The number of likely N-dealkylation sites (tertiary alicyclic amines) is 1. The van der Waals surface area contributed by atoms with E-state index >= 15 is 0 Å². The van der Waals surface area contributed by atoms with E-state index in [4.69, 9.17) is 27.7 Å². The zero-order valence-electron chi connectivity index (χ0n) is 15.6. The number of aromatic nitrogens is 2. The average molecular weight is 431 g/mol. The molecule has 4 rings (SSSR count). The molecule has 1 aliphatic heterocycles. The first-order valence-electron chi connectivity index (χ1n) is 9.45. The van der Waals surface area contributed by atoms with E-state index in [1.165, 1.54) is 0 Å². The van der Waals surface area contributed by atoms with Gasteiger partial charge in [0.05, 0.1) is 11.6 Å². The zero-order valence-corrected chi connectivity index (χ0v) is 17.2. The number of anilines is 1. The van der Waals surface area contributed by atoms with Crippen molar-refractivity contribution in [3.05, 3.63) is 64.5 Å². The summed E-state index contributed by atoms with van der Waals surface area (Å²) in [5.41, 5.74) is 1.52. The van der Waals surface area contributed by atoms with Crippen LogP contribution in [0.2, 0.25) is 10.0 Å². The average Bonchev–Trinajstić information content (AvgIpc) is 3.19. The van der Waals surface area contributed by atoms with Gasteiger partial charge >= 0.3 is 0 Å². The first-order valence-corrected chi connectivity index (χ1v) is 10.2. The van der Waals surface area contributed by atoms with Crippen LogP contribution in [0.5, 0.6) is 0 Å². The summed E-state index contributed by atoms with van der Waals surface area (Å²) in [6.45, 7) is 2.15. The van der Waals surface area contributed by atoms with Crippen LogP contribution >= 0.6 is 23.2 Å². The number of hydrogen-bond donors (Lipinski definition) is 1. The second-order valence-electron chi connectivity index (χ2n) is 7.04. The van der Waals surface area contributed by atoms with Crippen LogP contribution in [0.25, 0.3) is 11.4 Å². The van der Waals surface area contributed by atoms with Gasteiger partial charge in [-0.2, -0.15) is 4.98 Å². The lowest BCUT2D eigenvalue weighted by Crippen LogP contribution is -2.37. The number of nitrogens with zero attached hydrogens (tertiary/aromatic N) is 3. The summed E-state index contributed by atoms with van der Waals surface area (Å²) in [5.74, 6) is 1.07. The molecule has 150 valence electrons. The molecule has 1 aromatic heterocycles. The van der Waals surface area contributed by atoms with Gasteiger partial charge < -0.3 is 9.84 Å². The molecule has 0 bridgehead atoms. The molecular weight excluding hydrogens is 411 g/mol. The van der Waals surface area contributed by atoms with Crippen molar-refractivity contribution in [2.75, 3.05) is 18.4 Å².